The van der Waals surface area contributed by atoms with Gasteiger partial charge < -0.3 is 4.52 Å². The smallest absolute Gasteiger partial charge is 0.259 e. The van der Waals surface area contributed by atoms with Crippen molar-refractivity contribution in [2.75, 3.05) is 5.32 Å². The van der Waals surface area contributed by atoms with Crippen molar-refractivity contribution < 1.29 is 13.7 Å². The second-order valence-corrected chi connectivity index (χ2v) is 7.72. The number of rotatable bonds is 4. The fourth-order valence-corrected chi connectivity index (χ4v) is 4.00. The van der Waals surface area contributed by atoms with Crippen LogP contribution in [-0.4, -0.2) is 30.8 Å². The lowest BCUT2D eigenvalue weighted by molar-refractivity contribution is 0.102. The van der Waals surface area contributed by atoms with Crippen LogP contribution in [0.2, 0.25) is 0 Å². The summed E-state index contributed by atoms with van der Waals surface area (Å²) >= 11 is 1.31. The minimum atomic E-state index is -0.368. The molecule has 0 fully saturated rings. The first kappa shape index (κ1) is 19.1. The standard InChI is InChI=1S/C21H15FN6O2S/c1-11-9-14(17-18(27-30-20(17)24-11)12-3-5-13(22)6-4-12)19(29)26-21-25-15(10-31-21)16-7-8-23-28(16)2/h3-10H,1-2H3,(H,25,26,29). The third-order valence-corrected chi connectivity index (χ3v) is 5.50. The summed E-state index contributed by atoms with van der Waals surface area (Å²) in [6, 6.07) is 9.32. The maximum atomic E-state index is 13.3. The van der Waals surface area contributed by atoms with E-state index >= 15 is 0 Å². The van der Waals surface area contributed by atoms with Crippen LogP contribution >= 0.6 is 11.3 Å². The molecule has 0 aliphatic carbocycles. The van der Waals surface area contributed by atoms with Crippen LogP contribution in [0.1, 0.15) is 16.1 Å². The number of aryl methyl sites for hydroxylation is 2. The van der Waals surface area contributed by atoms with Crippen molar-refractivity contribution in [3.8, 4) is 22.6 Å². The molecule has 0 atom stereocenters. The molecule has 0 bridgehead atoms. The zero-order valence-corrected chi connectivity index (χ0v) is 17.3. The number of aromatic nitrogens is 5. The largest absolute Gasteiger partial charge is 0.335 e. The summed E-state index contributed by atoms with van der Waals surface area (Å²) in [4.78, 5) is 22.0. The van der Waals surface area contributed by atoms with Gasteiger partial charge in [0, 0.05) is 29.9 Å². The molecule has 4 aromatic heterocycles. The van der Waals surface area contributed by atoms with Gasteiger partial charge in [-0.1, -0.05) is 5.16 Å². The number of fused-ring (bicyclic) bond motifs is 1. The molecule has 31 heavy (non-hydrogen) atoms. The summed E-state index contributed by atoms with van der Waals surface area (Å²) in [6.07, 6.45) is 1.69. The van der Waals surface area contributed by atoms with Gasteiger partial charge in [0.05, 0.1) is 16.6 Å². The fraction of sp³-hybridized carbons (Fsp3) is 0.0952. The van der Waals surface area contributed by atoms with Gasteiger partial charge in [-0.2, -0.15) is 5.10 Å². The molecule has 0 aliphatic heterocycles. The highest BCUT2D eigenvalue weighted by Crippen LogP contribution is 2.31. The molecule has 4 heterocycles. The Morgan fingerprint density at radius 2 is 2.00 bits per heavy atom. The number of nitrogens with one attached hydrogen (secondary N) is 1. The molecule has 5 aromatic rings. The third kappa shape index (κ3) is 3.46. The highest BCUT2D eigenvalue weighted by molar-refractivity contribution is 7.14. The van der Waals surface area contributed by atoms with E-state index in [1.54, 1.807) is 36.0 Å². The number of thiazole rings is 1. The quantitative estimate of drug-likeness (QED) is 0.449. The summed E-state index contributed by atoms with van der Waals surface area (Å²) in [7, 11) is 1.83. The number of carbonyl (C=O) groups excluding carboxylic acids is 1. The SMILES string of the molecule is Cc1cc(C(=O)Nc2nc(-c3ccnn3C)cs2)c2c(-c3ccc(F)cc3)noc2n1. The molecule has 5 rings (SSSR count). The summed E-state index contributed by atoms with van der Waals surface area (Å²) < 4.78 is 20.4. The molecule has 0 spiro atoms. The van der Waals surface area contributed by atoms with Crippen molar-refractivity contribution in [2.24, 2.45) is 7.05 Å². The molecule has 0 saturated carbocycles. The van der Waals surface area contributed by atoms with Crippen molar-refractivity contribution in [2.45, 2.75) is 6.92 Å². The van der Waals surface area contributed by atoms with Gasteiger partial charge in [0.2, 0.25) is 0 Å². The van der Waals surface area contributed by atoms with Crippen LogP contribution < -0.4 is 5.32 Å². The highest BCUT2D eigenvalue weighted by atomic mass is 32.1. The number of halogens is 1. The summed E-state index contributed by atoms with van der Waals surface area (Å²) in [5, 5.41) is 13.8. The molecule has 1 N–H and O–H groups in total. The number of hydrogen-bond donors (Lipinski definition) is 1. The van der Waals surface area contributed by atoms with E-state index in [0.717, 1.165) is 5.69 Å². The van der Waals surface area contributed by atoms with Crippen molar-refractivity contribution in [3.05, 3.63) is 65.0 Å². The minimum Gasteiger partial charge on any atom is -0.335 e. The van der Waals surface area contributed by atoms with Crippen molar-refractivity contribution >= 4 is 33.5 Å². The Kier molecular flexibility index (Phi) is 4.55. The number of pyridine rings is 1. The molecule has 154 valence electrons. The maximum absolute atomic E-state index is 13.3. The number of hydrogen-bond acceptors (Lipinski definition) is 7. The van der Waals surface area contributed by atoms with Crippen LogP contribution in [0.25, 0.3) is 33.7 Å². The first-order valence-corrected chi connectivity index (χ1v) is 10.2. The average molecular weight is 434 g/mol. The monoisotopic (exact) mass is 434 g/mol. The Balaban J connectivity index is 1.53. The zero-order chi connectivity index (χ0) is 21.5. The maximum Gasteiger partial charge on any atom is 0.259 e. The third-order valence-electron chi connectivity index (χ3n) is 4.74. The molecule has 0 unspecified atom stereocenters. The van der Waals surface area contributed by atoms with Crippen molar-refractivity contribution in [1.82, 2.24) is 24.9 Å². The molecule has 1 amide bonds. The van der Waals surface area contributed by atoms with Crippen LogP contribution in [0.15, 0.2) is 52.5 Å². The number of carbonyl (C=O) groups is 1. The van der Waals surface area contributed by atoms with Gasteiger partial charge >= 0.3 is 0 Å². The van der Waals surface area contributed by atoms with Gasteiger partial charge in [-0.05, 0) is 43.3 Å². The molecule has 10 heteroatoms. The van der Waals surface area contributed by atoms with Crippen LogP contribution in [0.4, 0.5) is 9.52 Å². The fourth-order valence-electron chi connectivity index (χ4n) is 3.30. The van der Waals surface area contributed by atoms with Crippen LogP contribution in [-0.2, 0) is 7.05 Å². The van der Waals surface area contributed by atoms with Gasteiger partial charge in [-0.3, -0.25) is 14.8 Å². The second-order valence-electron chi connectivity index (χ2n) is 6.86. The normalized spacial score (nSPS) is 11.2. The van der Waals surface area contributed by atoms with Crippen LogP contribution in [0.5, 0.6) is 0 Å². The average Bonchev–Trinajstić information content (AvgIpc) is 3.47. The molecule has 0 radical (unpaired) electrons. The van der Waals surface area contributed by atoms with E-state index in [0.29, 0.717) is 38.7 Å². The van der Waals surface area contributed by atoms with Crippen molar-refractivity contribution in [3.63, 3.8) is 0 Å². The van der Waals surface area contributed by atoms with E-state index in [-0.39, 0.29) is 17.4 Å². The number of nitrogens with zero attached hydrogens (tertiary/aromatic N) is 5. The molecule has 0 saturated heterocycles. The number of anilines is 1. The lowest BCUT2D eigenvalue weighted by Crippen LogP contribution is -2.13. The molecule has 0 aliphatic rings. The first-order valence-electron chi connectivity index (χ1n) is 9.28. The molecular formula is C21H15FN6O2S. The number of amides is 1. The summed E-state index contributed by atoms with van der Waals surface area (Å²) in [6.45, 7) is 1.76. The van der Waals surface area contributed by atoms with Crippen molar-refractivity contribution in [1.29, 1.82) is 0 Å². The number of benzene rings is 1. The van der Waals surface area contributed by atoms with E-state index in [1.165, 1.54) is 23.5 Å². The van der Waals surface area contributed by atoms with Gasteiger partial charge in [0.1, 0.15) is 17.2 Å². The zero-order valence-electron chi connectivity index (χ0n) is 16.5. The van der Waals surface area contributed by atoms with Gasteiger partial charge in [-0.25, -0.2) is 14.4 Å². The van der Waals surface area contributed by atoms with Gasteiger partial charge in [0.15, 0.2) is 5.13 Å². The van der Waals surface area contributed by atoms with E-state index in [2.05, 4.69) is 25.5 Å². The van der Waals surface area contributed by atoms with Crippen LogP contribution in [0.3, 0.4) is 0 Å². The predicted octanol–water partition coefficient (Wildman–Crippen LogP) is 4.45. The van der Waals surface area contributed by atoms with E-state index in [1.807, 2.05) is 18.5 Å². The second kappa shape index (κ2) is 7.40. The Labute approximate surface area is 179 Å². The lowest BCUT2D eigenvalue weighted by Gasteiger charge is -2.05. The summed E-state index contributed by atoms with van der Waals surface area (Å²) in [5.74, 6) is -0.732. The van der Waals surface area contributed by atoms with E-state index < -0.39 is 0 Å². The predicted molar refractivity (Wildman–Crippen MR) is 114 cm³/mol. The minimum absolute atomic E-state index is 0.235. The molecule has 1 aromatic carbocycles. The Bertz CT molecular complexity index is 1420. The molecular weight excluding hydrogens is 419 g/mol. The first-order chi connectivity index (χ1) is 15.0. The highest BCUT2D eigenvalue weighted by Gasteiger charge is 2.22. The molecule has 8 nitrogen and oxygen atoms in total. The van der Waals surface area contributed by atoms with Gasteiger partial charge in [-0.15, -0.1) is 11.3 Å². The Morgan fingerprint density at radius 3 is 2.74 bits per heavy atom. The van der Waals surface area contributed by atoms with Crippen LogP contribution in [0, 0.1) is 12.7 Å². The Morgan fingerprint density at radius 1 is 1.19 bits per heavy atom. The summed E-state index contributed by atoms with van der Waals surface area (Å²) in [5.41, 5.74) is 3.79. The van der Waals surface area contributed by atoms with E-state index in [4.69, 9.17) is 4.52 Å². The van der Waals surface area contributed by atoms with Gasteiger partial charge in [0.25, 0.3) is 11.6 Å². The topological polar surface area (TPSA) is 98.7 Å². The Hall–Kier alpha value is -3.92. The van der Waals surface area contributed by atoms with E-state index in [9.17, 15) is 9.18 Å². The lowest BCUT2D eigenvalue weighted by atomic mass is 10.0.